The van der Waals surface area contributed by atoms with E-state index in [0.717, 1.165) is 0 Å². The lowest BCUT2D eigenvalue weighted by atomic mass is 9.98. The molecular weight excluding hydrogens is 410 g/mol. The van der Waals surface area contributed by atoms with Gasteiger partial charge in [-0.3, -0.25) is 9.59 Å². The SMILES string of the molecule is O=[C]c1c(O)c2ccc(-c3cc(C(F)(F)F)cc(C(F)(F)F)c3)cc2sc1=O. The first-order valence-corrected chi connectivity index (χ1v) is 8.21. The van der Waals surface area contributed by atoms with E-state index >= 15 is 0 Å². The van der Waals surface area contributed by atoms with Crippen molar-refractivity contribution in [1.29, 1.82) is 0 Å². The largest absolute Gasteiger partial charge is 0.506 e. The summed E-state index contributed by atoms with van der Waals surface area (Å²) in [5.41, 5.74) is -3.93. The van der Waals surface area contributed by atoms with Crippen LogP contribution in [0.2, 0.25) is 0 Å². The van der Waals surface area contributed by atoms with Crippen molar-refractivity contribution in [3.05, 3.63) is 62.6 Å². The van der Waals surface area contributed by atoms with Gasteiger partial charge in [0.2, 0.25) is 11.0 Å². The molecule has 0 aliphatic heterocycles. The Kier molecular flexibility index (Phi) is 4.70. The minimum Gasteiger partial charge on any atom is -0.506 e. The molecule has 3 rings (SSSR count). The van der Waals surface area contributed by atoms with Crippen LogP contribution in [0.5, 0.6) is 5.75 Å². The van der Waals surface area contributed by atoms with Gasteiger partial charge in [-0.25, -0.2) is 0 Å². The Balaban J connectivity index is 2.27. The monoisotopic (exact) mass is 417 g/mol. The first-order chi connectivity index (χ1) is 12.9. The van der Waals surface area contributed by atoms with Gasteiger partial charge in [0.05, 0.1) is 11.1 Å². The van der Waals surface area contributed by atoms with E-state index in [1.165, 1.54) is 24.5 Å². The number of alkyl halides is 6. The molecule has 0 amide bonds. The van der Waals surface area contributed by atoms with Gasteiger partial charge < -0.3 is 5.11 Å². The lowest BCUT2D eigenvalue weighted by molar-refractivity contribution is -0.143. The number of benzene rings is 2. The van der Waals surface area contributed by atoms with Gasteiger partial charge in [0, 0.05) is 10.1 Å². The molecule has 145 valence electrons. The summed E-state index contributed by atoms with van der Waals surface area (Å²) in [6, 6.07) is 4.69. The number of hydrogen-bond acceptors (Lipinski definition) is 4. The fraction of sp³-hybridized carbons (Fsp3) is 0.111. The number of carbonyl (C=O) groups excluding carboxylic acids is 1. The van der Waals surface area contributed by atoms with Crippen molar-refractivity contribution in [3.8, 4) is 16.9 Å². The van der Waals surface area contributed by atoms with Crippen molar-refractivity contribution >= 4 is 27.7 Å². The molecule has 0 atom stereocenters. The van der Waals surface area contributed by atoms with Gasteiger partial charge in [0.15, 0.2) is 0 Å². The number of hydrogen-bond donors (Lipinski definition) is 1. The number of rotatable bonds is 2. The molecule has 1 N–H and O–H groups in total. The Labute approximate surface area is 156 Å². The molecule has 0 saturated carbocycles. The molecule has 0 unspecified atom stereocenters. The van der Waals surface area contributed by atoms with Crippen LogP contribution in [-0.4, -0.2) is 11.4 Å². The van der Waals surface area contributed by atoms with Crippen LogP contribution in [0.3, 0.4) is 0 Å². The topological polar surface area (TPSA) is 54.4 Å². The van der Waals surface area contributed by atoms with Crippen LogP contribution in [0.4, 0.5) is 26.3 Å². The Morgan fingerprint density at radius 2 is 1.43 bits per heavy atom. The van der Waals surface area contributed by atoms with Gasteiger partial charge in [-0.1, -0.05) is 17.4 Å². The van der Waals surface area contributed by atoms with Crippen LogP contribution in [0, 0.1) is 0 Å². The third kappa shape index (κ3) is 3.59. The molecule has 0 spiro atoms. The second-order valence-electron chi connectivity index (χ2n) is 5.72. The quantitative estimate of drug-likeness (QED) is 0.589. The summed E-state index contributed by atoms with van der Waals surface area (Å²) >= 11 is 0.513. The van der Waals surface area contributed by atoms with Crippen molar-refractivity contribution in [3.63, 3.8) is 0 Å². The predicted molar refractivity (Wildman–Crippen MR) is 90.0 cm³/mol. The smallest absolute Gasteiger partial charge is 0.416 e. The van der Waals surface area contributed by atoms with E-state index in [1.807, 2.05) is 0 Å². The number of aromatic hydroxyl groups is 1. The summed E-state index contributed by atoms with van der Waals surface area (Å²) < 4.78 is 77.4. The maximum Gasteiger partial charge on any atom is 0.416 e. The molecule has 0 saturated heterocycles. The summed E-state index contributed by atoms with van der Waals surface area (Å²) in [6.07, 6.45) is -8.69. The third-order valence-electron chi connectivity index (χ3n) is 3.90. The zero-order valence-electron chi connectivity index (χ0n) is 13.4. The first kappa shape index (κ1) is 19.9. The second-order valence-corrected chi connectivity index (χ2v) is 6.74. The van der Waals surface area contributed by atoms with Crippen LogP contribution in [0.1, 0.15) is 16.7 Å². The first-order valence-electron chi connectivity index (χ1n) is 7.39. The molecule has 2 aromatic carbocycles. The normalized spacial score (nSPS) is 12.4. The lowest BCUT2D eigenvalue weighted by Crippen LogP contribution is -2.11. The van der Waals surface area contributed by atoms with Gasteiger partial charge >= 0.3 is 12.4 Å². The Hall–Kier alpha value is -2.88. The van der Waals surface area contributed by atoms with E-state index in [-0.39, 0.29) is 27.3 Å². The van der Waals surface area contributed by atoms with Gasteiger partial charge in [-0.15, -0.1) is 0 Å². The summed E-state index contributed by atoms with van der Waals surface area (Å²) in [6.45, 7) is 0. The summed E-state index contributed by atoms with van der Waals surface area (Å²) in [7, 11) is 0. The highest BCUT2D eigenvalue weighted by Gasteiger charge is 2.37. The second kappa shape index (κ2) is 6.62. The standard InChI is InChI=1S/C18H7F6O3S/c19-17(20,21)10-3-9(4-11(6-10)18(22,23)24)8-1-2-12-14(5-8)28-16(27)13(7-25)15(12)26/h1-6,26H. The predicted octanol–water partition coefficient (Wildman–Crippen LogP) is 5.13. The zero-order valence-corrected chi connectivity index (χ0v) is 14.2. The Morgan fingerprint density at radius 3 is 1.93 bits per heavy atom. The molecule has 0 aliphatic rings. The molecule has 1 radical (unpaired) electrons. The minimum atomic E-state index is -5.00. The van der Waals surface area contributed by atoms with Gasteiger partial charge in [0.1, 0.15) is 11.3 Å². The molecule has 0 aliphatic carbocycles. The van der Waals surface area contributed by atoms with E-state index in [4.69, 9.17) is 0 Å². The number of halogens is 6. The molecule has 28 heavy (non-hydrogen) atoms. The highest BCUT2D eigenvalue weighted by atomic mass is 32.1. The van der Waals surface area contributed by atoms with Gasteiger partial charge in [-0.05, 0) is 41.5 Å². The van der Waals surface area contributed by atoms with Crippen molar-refractivity contribution in [2.24, 2.45) is 0 Å². The molecule has 1 heterocycles. The van der Waals surface area contributed by atoms with Crippen molar-refractivity contribution in [2.45, 2.75) is 12.4 Å². The van der Waals surface area contributed by atoms with Crippen molar-refractivity contribution in [2.75, 3.05) is 0 Å². The average molecular weight is 417 g/mol. The Morgan fingerprint density at radius 1 is 0.857 bits per heavy atom. The summed E-state index contributed by atoms with van der Waals surface area (Å²) in [4.78, 5) is 22.6. The van der Waals surface area contributed by atoms with Gasteiger partial charge in [-0.2, -0.15) is 26.3 Å². The summed E-state index contributed by atoms with van der Waals surface area (Å²) in [5.74, 6) is -0.652. The maximum absolute atomic E-state index is 13.0. The highest BCUT2D eigenvalue weighted by Crippen LogP contribution is 2.39. The Bertz CT molecular complexity index is 1110. The maximum atomic E-state index is 13.0. The van der Waals surface area contributed by atoms with Crippen LogP contribution in [0.25, 0.3) is 21.2 Å². The third-order valence-corrected chi connectivity index (χ3v) is 4.85. The fourth-order valence-corrected chi connectivity index (χ4v) is 3.48. The van der Waals surface area contributed by atoms with Crippen LogP contribution in [-0.2, 0) is 17.1 Å². The zero-order chi connectivity index (χ0) is 20.9. The van der Waals surface area contributed by atoms with Crippen LogP contribution in [0.15, 0.2) is 41.2 Å². The highest BCUT2D eigenvalue weighted by molar-refractivity contribution is 7.16. The van der Waals surface area contributed by atoms with E-state index in [9.17, 15) is 41.0 Å². The summed E-state index contributed by atoms with van der Waals surface area (Å²) in [5, 5.41) is 9.99. The van der Waals surface area contributed by atoms with E-state index in [0.29, 0.717) is 23.5 Å². The van der Waals surface area contributed by atoms with Crippen molar-refractivity contribution in [1.82, 2.24) is 0 Å². The fourth-order valence-electron chi connectivity index (χ4n) is 2.58. The van der Waals surface area contributed by atoms with Crippen LogP contribution >= 0.6 is 11.3 Å². The van der Waals surface area contributed by atoms with E-state index < -0.39 is 39.5 Å². The van der Waals surface area contributed by atoms with E-state index in [1.54, 1.807) is 0 Å². The molecule has 0 bridgehead atoms. The minimum absolute atomic E-state index is 0.0148. The molecule has 1 aromatic heterocycles. The molecular formula is C18H7F6O3S. The van der Waals surface area contributed by atoms with Crippen LogP contribution < -0.4 is 4.74 Å². The van der Waals surface area contributed by atoms with E-state index in [2.05, 4.69) is 0 Å². The molecule has 0 fully saturated rings. The molecule has 3 nitrogen and oxygen atoms in total. The van der Waals surface area contributed by atoms with Crippen molar-refractivity contribution < 1.29 is 36.2 Å². The van der Waals surface area contributed by atoms with Gasteiger partial charge in [0.25, 0.3) is 0 Å². The number of fused-ring (bicyclic) bond motifs is 1. The lowest BCUT2D eigenvalue weighted by Gasteiger charge is -2.14. The molecule has 3 aromatic rings. The molecule has 10 heteroatoms. The average Bonchev–Trinajstić information content (AvgIpc) is 2.59.